The Kier molecular flexibility index (Phi) is 7.06. The molecular weight excluding hydrogens is 473 g/mol. The second-order valence-electron chi connectivity index (χ2n) is 7.44. The third kappa shape index (κ3) is 5.64. The average Bonchev–Trinajstić information content (AvgIpc) is 3.15. The molecule has 11 heteroatoms. The summed E-state index contributed by atoms with van der Waals surface area (Å²) in [7, 11) is 0. The molecule has 2 heterocycles. The molecular formula is C24H20FN5O4S. The normalized spacial score (nSPS) is 10.7. The number of carbonyl (C=O) groups excluding carboxylic acids is 3. The van der Waals surface area contributed by atoms with Gasteiger partial charge in [0.05, 0.1) is 11.1 Å². The van der Waals surface area contributed by atoms with Gasteiger partial charge in [0.15, 0.2) is 5.16 Å². The molecule has 0 spiro atoms. The van der Waals surface area contributed by atoms with Gasteiger partial charge < -0.3 is 9.73 Å². The molecule has 0 aliphatic heterocycles. The van der Waals surface area contributed by atoms with E-state index in [1.165, 1.54) is 12.1 Å². The number of aromatic nitrogens is 2. The molecule has 178 valence electrons. The molecule has 0 fully saturated rings. The predicted octanol–water partition coefficient (Wildman–Crippen LogP) is 3.78. The maximum absolute atomic E-state index is 13.0. The summed E-state index contributed by atoms with van der Waals surface area (Å²) in [4.78, 5) is 45.7. The van der Waals surface area contributed by atoms with Crippen molar-refractivity contribution in [3.63, 3.8) is 0 Å². The lowest BCUT2D eigenvalue weighted by atomic mass is 10.2. The SMILES string of the molecule is Cc1oc2nc(SCC(=O)NNC(=O)c3ccc(F)cc3)nc(NC(=O)c3ccccc3)c2c1C. The smallest absolute Gasteiger partial charge is 0.269 e. The first kappa shape index (κ1) is 23.9. The number of anilines is 1. The van der Waals surface area contributed by atoms with Crippen molar-refractivity contribution in [1.82, 2.24) is 20.8 Å². The number of thioether (sulfide) groups is 1. The summed E-state index contributed by atoms with van der Waals surface area (Å²) in [5.41, 5.74) is 6.27. The minimum absolute atomic E-state index is 0.125. The van der Waals surface area contributed by atoms with Crippen LogP contribution in [0.4, 0.5) is 10.2 Å². The van der Waals surface area contributed by atoms with Gasteiger partial charge >= 0.3 is 0 Å². The summed E-state index contributed by atoms with van der Waals surface area (Å²) < 4.78 is 18.7. The fraction of sp³-hybridized carbons (Fsp3) is 0.125. The van der Waals surface area contributed by atoms with Crippen LogP contribution in [0.15, 0.2) is 64.2 Å². The maximum Gasteiger partial charge on any atom is 0.269 e. The lowest BCUT2D eigenvalue weighted by Crippen LogP contribution is -2.42. The Hall–Kier alpha value is -4.25. The zero-order chi connectivity index (χ0) is 24.9. The first-order chi connectivity index (χ1) is 16.8. The van der Waals surface area contributed by atoms with Crippen LogP contribution in [-0.2, 0) is 4.79 Å². The van der Waals surface area contributed by atoms with Gasteiger partial charge in [-0.3, -0.25) is 25.2 Å². The van der Waals surface area contributed by atoms with Gasteiger partial charge in [0.2, 0.25) is 11.6 Å². The van der Waals surface area contributed by atoms with Crippen molar-refractivity contribution in [2.24, 2.45) is 0 Å². The molecule has 0 aliphatic carbocycles. The van der Waals surface area contributed by atoms with Gasteiger partial charge in [0, 0.05) is 16.7 Å². The van der Waals surface area contributed by atoms with E-state index in [9.17, 15) is 18.8 Å². The summed E-state index contributed by atoms with van der Waals surface area (Å²) in [6.45, 7) is 3.62. The average molecular weight is 494 g/mol. The number of hydrogen-bond donors (Lipinski definition) is 3. The van der Waals surface area contributed by atoms with Crippen LogP contribution >= 0.6 is 11.8 Å². The third-order valence-electron chi connectivity index (χ3n) is 5.03. The van der Waals surface area contributed by atoms with E-state index in [0.29, 0.717) is 16.7 Å². The van der Waals surface area contributed by atoms with Crippen molar-refractivity contribution in [2.75, 3.05) is 11.1 Å². The van der Waals surface area contributed by atoms with Gasteiger partial charge in [-0.1, -0.05) is 30.0 Å². The summed E-state index contributed by atoms with van der Waals surface area (Å²) in [6, 6.07) is 13.6. The van der Waals surface area contributed by atoms with Crippen LogP contribution in [-0.4, -0.2) is 33.4 Å². The van der Waals surface area contributed by atoms with E-state index >= 15 is 0 Å². The van der Waals surface area contributed by atoms with Gasteiger partial charge in [0.25, 0.3) is 11.8 Å². The van der Waals surface area contributed by atoms with Crippen molar-refractivity contribution < 1.29 is 23.2 Å². The molecule has 35 heavy (non-hydrogen) atoms. The molecule has 4 rings (SSSR count). The van der Waals surface area contributed by atoms with Crippen LogP contribution < -0.4 is 16.2 Å². The maximum atomic E-state index is 13.0. The van der Waals surface area contributed by atoms with Crippen LogP contribution in [0, 0.1) is 19.7 Å². The lowest BCUT2D eigenvalue weighted by molar-refractivity contribution is -0.119. The van der Waals surface area contributed by atoms with Gasteiger partial charge in [-0.2, -0.15) is 4.98 Å². The molecule has 0 radical (unpaired) electrons. The summed E-state index contributed by atoms with van der Waals surface area (Å²) in [5.74, 6) is -1.15. The highest BCUT2D eigenvalue weighted by atomic mass is 32.2. The Labute approximate surface area is 203 Å². The molecule has 4 aromatic rings. The van der Waals surface area contributed by atoms with Crippen LogP contribution in [0.1, 0.15) is 32.0 Å². The second-order valence-corrected chi connectivity index (χ2v) is 8.38. The second kappa shape index (κ2) is 10.3. The Morgan fingerprint density at radius 2 is 1.60 bits per heavy atom. The van der Waals surface area contributed by atoms with Crippen LogP contribution in [0.2, 0.25) is 0 Å². The predicted molar refractivity (Wildman–Crippen MR) is 128 cm³/mol. The number of hydrogen-bond acceptors (Lipinski definition) is 7. The molecule has 0 saturated carbocycles. The minimum Gasteiger partial charge on any atom is -0.443 e. The number of fused-ring (bicyclic) bond motifs is 1. The molecule has 9 nitrogen and oxygen atoms in total. The number of nitrogens with one attached hydrogen (secondary N) is 3. The Morgan fingerprint density at radius 3 is 2.31 bits per heavy atom. The summed E-state index contributed by atoms with van der Waals surface area (Å²) in [6.07, 6.45) is 0. The summed E-state index contributed by atoms with van der Waals surface area (Å²) >= 11 is 0.999. The highest BCUT2D eigenvalue weighted by Gasteiger charge is 2.19. The van der Waals surface area contributed by atoms with Crippen LogP contribution in [0.3, 0.4) is 0 Å². The van der Waals surface area contributed by atoms with E-state index in [-0.39, 0.29) is 33.9 Å². The number of carbonyl (C=O) groups is 3. The largest absolute Gasteiger partial charge is 0.443 e. The molecule has 3 amide bonds. The number of amides is 3. The van der Waals surface area contributed by atoms with Gasteiger partial charge in [-0.15, -0.1) is 0 Å². The highest BCUT2D eigenvalue weighted by molar-refractivity contribution is 7.99. The van der Waals surface area contributed by atoms with Crippen LogP contribution in [0.5, 0.6) is 0 Å². The molecule has 0 unspecified atom stereocenters. The van der Waals surface area contributed by atoms with E-state index in [4.69, 9.17) is 4.42 Å². The molecule has 0 saturated heterocycles. The first-order valence-corrected chi connectivity index (χ1v) is 11.4. The van der Waals surface area contributed by atoms with E-state index in [0.717, 1.165) is 29.5 Å². The zero-order valence-corrected chi connectivity index (χ0v) is 19.5. The number of furan rings is 1. The molecule has 0 atom stereocenters. The van der Waals surface area contributed by atoms with Crippen molar-refractivity contribution in [3.05, 3.63) is 82.9 Å². The number of benzene rings is 2. The van der Waals surface area contributed by atoms with Gasteiger partial charge in [-0.05, 0) is 50.2 Å². The van der Waals surface area contributed by atoms with Gasteiger partial charge in [0.1, 0.15) is 17.4 Å². The van der Waals surface area contributed by atoms with E-state index in [2.05, 4.69) is 26.1 Å². The molecule has 0 bridgehead atoms. The quantitative estimate of drug-likeness (QED) is 0.212. The fourth-order valence-electron chi connectivity index (χ4n) is 3.12. The Bertz CT molecular complexity index is 1410. The van der Waals surface area contributed by atoms with Crippen molar-refractivity contribution >= 4 is 46.4 Å². The number of rotatable bonds is 6. The number of aryl methyl sites for hydroxylation is 2. The molecule has 0 aliphatic rings. The van der Waals surface area contributed by atoms with Crippen molar-refractivity contribution in [3.8, 4) is 0 Å². The monoisotopic (exact) mass is 493 g/mol. The fourth-order valence-corrected chi connectivity index (χ4v) is 3.76. The standard InChI is InChI=1S/C24H20FN5O4S/c1-13-14(2)34-23-19(13)20(26-21(32)15-6-4-3-5-7-15)27-24(28-23)35-12-18(31)29-30-22(33)16-8-10-17(25)11-9-16/h3-11H,12H2,1-2H3,(H,29,31)(H,30,33)(H,26,27,28,32). The first-order valence-electron chi connectivity index (χ1n) is 10.4. The van der Waals surface area contributed by atoms with Crippen molar-refractivity contribution in [2.45, 2.75) is 19.0 Å². The lowest BCUT2D eigenvalue weighted by Gasteiger charge is -2.09. The minimum atomic E-state index is -0.589. The summed E-state index contributed by atoms with van der Waals surface area (Å²) in [5, 5.41) is 3.58. The third-order valence-corrected chi connectivity index (χ3v) is 5.88. The Balaban J connectivity index is 1.45. The number of nitrogens with zero attached hydrogens (tertiary/aromatic N) is 2. The highest BCUT2D eigenvalue weighted by Crippen LogP contribution is 2.31. The van der Waals surface area contributed by atoms with Crippen LogP contribution in [0.25, 0.3) is 11.1 Å². The zero-order valence-electron chi connectivity index (χ0n) is 18.7. The number of halogens is 1. The molecule has 2 aromatic carbocycles. The topological polar surface area (TPSA) is 126 Å². The van der Waals surface area contributed by atoms with E-state index in [1.54, 1.807) is 31.2 Å². The molecule has 3 N–H and O–H groups in total. The molecule has 2 aromatic heterocycles. The van der Waals surface area contributed by atoms with E-state index < -0.39 is 17.6 Å². The van der Waals surface area contributed by atoms with E-state index in [1.807, 2.05) is 13.0 Å². The van der Waals surface area contributed by atoms with Gasteiger partial charge in [-0.25, -0.2) is 9.37 Å². The Morgan fingerprint density at radius 1 is 0.914 bits per heavy atom. The number of hydrazine groups is 1. The van der Waals surface area contributed by atoms with Crippen molar-refractivity contribution in [1.29, 1.82) is 0 Å².